The van der Waals surface area contributed by atoms with Gasteiger partial charge in [0.2, 0.25) is 0 Å². The Balaban J connectivity index is 2.30. The average molecular weight is 280 g/mol. The van der Waals surface area contributed by atoms with Gasteiger partial charge in [-0.2, -0.15) is 0 Å². The van der Waals surface area contributed by atoms with Crippen LogP contribution in [0.4, 0.5) is 0 Å². The Bertz CT molecular complexity index is 451. The third kappa shape index (κ3) is 1.86. The number of hydrogen-bond acceptors (Lipinski definition) is 4. The molecule has 1 saturated heterocycles. The minimum Gasteiger partial charge on any atom is -0.436 e. The summed E-state index contributed by atoms with van der Waals surface area (Å²) in [5, 5.41) is 0. The highest BCUT2D eigenvalue weighted by atomic mass is 79.9. The first kappa shape index (κ1) is 10.2. The second kappa shape index (κ2) is 3.34. The number of nitrogens with zero attached hydrogens (tertiary/aromatic N) is 1. The van der Waals surface area contributed by atoms with E-state index in [2.05, 4.69) is 20.9 Å². The third-order valence-electron chi connectivity index (χ3n) is 2.43. The quantitative estimate of drug-likeness (QED) is 0.784. The summed E-state index contributed by atoms with van der Waals surface area (Å²) >= 11 is 3.13. The van der Waals surface area contributed by atoms with Gasteiger partial charge in [-0.25, -0.2) is 13.4 Å². The second-order valence-corrected chi connectivity index (χ2v) is 6.42. The molecule has 0 aromatic carbocycles. The van der Waals surface area contributed by atoms with Gasteiger partial charge in [-0.3, -0.25) is 0 Å². The summed E-state index contributed by atoms with van der Waals surface area (Å²) in [7, 11) is -2.85. The zero-order valence-corrected chi connectivity index (χ0v) is 10.1. The molecule has 0 radical (unpaired) electrons. The van der Waals surface area contributed by atoms with Crippen LogP contribution in [0.1, 0.15) is 23.8 Å². The van der Waals surface area contributed by atoms with Gasteiger partial charge in [0.15, 0.2) is 9.84 Å². The number of oxazole rings is 1. The Morgan fingerprint density at radius 3 is 2.71 bits per heavy atom. The fourth-order valence-corrected chi connectivity index (χ4v) is 3.95. The Morgan fingerprint density at radius 1 is 1.57 bits per heavy atom. The van der Waals surface area contributed by atoms with Crippen LogP contribution < -0.4 is 0 Å². The zero-order chi connectivity index (χ0) is 10.3. The summed E-state index contributed by atoms with van der Waals surface area (Å²) in [6.07, 6.45) is 0.655. The first-order chi connectivity index (χ1) is 6.48. The first-order valence-corrected chi connectivity index (χ1v) is 6.92. The average Bonchev–Trinajstić information content (AvgIpc) is 2.55. The van der Waals surface area contributed by atoms with Crippen LogP contribution in [0, 0.1) is 6.92 Å². The van der Waals surface area contributed by atoms with Crippen molar-refractivity contribution in [3.63, 3.8) is 0 Å². The Morgan fingerprint density at radius 2 is 2.29 bits per heavy atom. The lowest BCUT2D eigenvalue weighted by molar-refractivity contribution is 0.497. The van der Waals surface area contributed by atoms with Crippen molar-refractivity contribution in [2.24, 2.45) is 0 Å². The third-order valence-corrected chi connectivity index (χ3v) is 4.53. The van der Waals surface area contributed by atoms with Gasteiger partial charge in [0, 0.05) is 21.8 Å². The number of halogens is 1. The number of aromatic nitrogens is 1. The van der Waals surface area contributed by atoms with Gasteiger partial charge in [-0.05, 0) is 13.3 Å². The lowest BCUT2D eigenvalue weighted by atomic mass is 10.0. The van der Waals surface area contributed by atoms with Crippen molar-refractivity contribution >= 4 is 25.8 Å². The summed E-state index contributed by atoms with van der Waals surface area (Å²) in [5.74, 6) is 1.18. The van der Waals surface area contributed by atoms with Gasteiger partial charge in [0.1, 0.15) is 5.76 Å². The first-order valence-electron chi connectivity index (χ1n) is 4.31. The van der Waals surface area contributed by atoms with Crippen molar-refractivity contribution < 1.29 is 12.8 Å². The predicted molar refractivity (Wildman–Crippen MR) is 55.0 cm³/mol. The molecule has 1 aromatic rings. The Labute approximate surface area is 90.8 Å². The smallest absolute Gasteiger partial charge is 0.264 e. The van der Waals surface area contributed by atoms with Gasteiger partial charge in [-0.15, -0.1) is 0 Å². The summed E-state index contributed by atoms with van der Waals surface area (Å²) in [4.78, 5) is 4.57. The van der Waals surface area contributed by atoms with E-state index in [0.29, 0.717) is 17.0 Å². The van der Waals surface area contributed by atoms with Gasteiger partial charge in [0.25, 0.3) is 4.80 Å². The molecule has 78 valence electrons. The molecule has 1 aliphatic heterocycles. The number of sulfone groups is 1. The highest BCUT2D eigenvalue weighted by Gasteiger charge is 2.32. The molecule has 0 amide bonds. The van der Waals surface area contributed by atoms with Crippen LogP contribution >= 0.6 is 15.9 Å². The maximum atomic E-state index is 11.3. The van der Waals surface area contributed by atoms with Crippen molar-refractivity contribution in [2.75, 3.05) is 11.5 Å². The van der Waals surface area contributed by atoms with E-state index in [1.54, 1.807) is 6.92 Å². The lowest BCUT2D eigenvalue weighted by Gasteiger charge is -2.02. The normalized spacial score (nSPS) is 25.4. The molecule has 2 rings (SSSR count). The lowest BCUT2D eigenvalue weighted by Crippen LogP contribution is -2.04. The molecule has 0 N–H and O–H groups in total. The van der Waals surface area contributed by atoms with Crippen molar-refractivity contribution in [1.82, 2.24) is 4.98 Å². The summed E-state index contributed by atoms with van der Waals surface area (Å²) in [6.45, 7) is 1.80. The fourth-order valence-electron chi connectivity index (χ4n) is 1.76. The fraction of sp³-hybridized carbons (Fsp3) is 0.625. The molecule has 4 nitrogen and oxygen atoms in total. The number of rotatable bonds is 1. The molecule has 6 heteroatoms. The molecule has 1 atom stereocenters. The molecule has 2 heterocycles. The van der Waals surface area contributed by atoms with E-state index in [1.165, 1.54) is 0 Å². The minimum absolute atomic E-state index is 0.00931. The van der Waals surface area contributed by atoms with Crippen LogP contribution in [0.3, 0.4) is 0 Å². The summed E-state index contributed by atoms with van der Waals surface area (Å²) in [5.41, 5.74) is 0.776. The van der Waals surface area contributed by atoms with E-state index in [-0.39, 0.29) is 17.4 Å². The summed E-state index contributed by atoms with van der Waals surface area (Å²) < 4.78 is 27.7. The second-order valence-electron chi connectivity index (χ2n) is 3.51. The largest absolute Gasteiger partial charge is 0.436 e. The summed E-state index contributed by atoms with van der Waals surface area (Å²) in [6, 6.07) is 0. The highest BCUT2D eigenvalue weighted by Crippen LogP contribution is 2.31. The van der Waals surface area contributed by atoms with E-state index in [9.17, 15) is 8.42 Å². The van der Waals surface area contributed by atoms with Crippen molar-refractivity contribution in [2.45, 2.75) is 19.3 Å². The molecule has 0 aliphatic carbocycles. The standard InChI is InChI=1S/C8H10BrNO3S/c1-5-7(10-8(9)13-5)6-2-3-14(11,12)4-6/h6H,2-4H2,1H3. The van der Waals surface area contributed by atoms with E-state index in [0.717, 1.165) is 5.69 Å². The monoisotopic (exact) mass is 279 g/mol. The van der Waals surface area contributed by atoms with Crippen LogP contribution in [-0.4, -0.2) is 24.9 Å². The predicted octanol–water partition coefficient (Wildman–Crippen LogP) is 1.65. The number of hydrogen-bond donors (Lipinski definition) is 0. The van der Waals surface area contributed by atoms with Gasteiger partial charge < -0.3 is 4.42 Å². The van der Waals surface area contributed by atoms with Crippen molar-refractivity contribution in [3.8, 4) is 0 Å². The van der Waals surface area contributed by atoms with Crippen LogP contribution in [0.2, 0.25) is 0 Å². The van der Waals surface area contributed by atoms with Gasteiger partial charge in [0.05, 0.1) is 17.2 Å². The molecule has 14 heavy (non-hydrogen) atoms. The SMILES string of the molecule is Cc1oc(Br)nc1C1CCS(=O)(=O)C1. The highest BCUT2D eigenvalue weighted by molar-refractivity contribution is 9.10. The van der Waals surface area contributed by atoms with Crippen LogP contribution in [-0.2, 0) is 9.84 Å². The molecule has 0 spiro atoms. The molecule has 1 unspecified atom stereocenters. The van der Waals surface area contributed by atoms with Crippen LogP contribution in [0.15, 0.2) is 9.22 Å². The molecule has 1 aliphatic rings. The minimum atomic E-state index is -2.85. The van der Waals surface area contributed by atoms with Crippen molar-refractivity contribution in [1.29, 1.82) is 0 Å². The van der Waals surface area contributed by atoms with E-state index in [1.807, 2.05) is 0 Å². The van der Waals surface area contributed by atoms with Crippen molar-refractivity contribution in [3.05, 3.63) is 16.3 Å². The molecular weight excluding hydrogens is 270 g/mol. The molecule has 0 bridgehead atoms. The van der Waals surface area contributed by atoms with E-state index >= 15 is 0 Å². The Kier molecular flexibility index (Phi) is 2.43. The van der Waals surface area contributed by atoms with Gasteiger partial charge in [-0.1, -0.05) is 0 Å². The molecule has 1 fully saturated rings. The molecule has 0 saturated carbocycles. The maximum absolute atomic E-state index is 11.3. The maximum Gasteiger partial charge on any atom is 0.264 e. The Hall–Kier alpha value is -0.360. The van der Waals surface area contributed by atoms with Gasteiger partial charge >= 0.3 is 0 Å². The topological polar surface area (TPSA) is 60.2 Å². The van der Waals surface area contributed by atoms with E-state index in [4.69, 9.17) is 4.42 Å². The molecular formula is C8H10BrNO3S. The van der Waals surface area contributed by atoms with Crippen LogP contribution in [0.25, 0.3) is 0 Å². The number of aryl methyl sites for hydroxylation is 1. The zero-order valence-electron chi connectivity index (χ0n) is 7.66. The van der Waals surface area contributed by atoms with Crippen LogP contribution in [0.5, 0.6) is 0 Å². The molecule has 1 aromatic heterocycles. The van der Waals surface area contributed by atoms with E-state index < -0.39 is 9.84 Å².